The third kappa shape index (κ3) is 3.39. The molecule has 2 aromatic rings. The molecule has 1 atom stereocenters. The summed E-state index contributed by atoms with van der Waals surface area (Å²) in [7, 11) is 0. The van der Waals surface area contributed by atoms with Crippen LogP contribution in [0.15, 0.2) is 28.8 Å². The summed E-state index contributed by atoms with van der Waals surface area (Å²) in [5.74, 6) is 1.64. The summed E-state index contributed by atoms with van der Waals surface area (Å²) >= 11 is 0. The zero-order valence-electron chi connectivity index (χ0n) is 14.9. The monoisotopic (exact) mass is 358 g/mol. The minimum absolute atomic E-state index is 0.0190. The Labute approximate surface area is 151 Å². The van der Waals surface area contributed by atoms with Crippen LogP contribution in [0.25, 0.3) is 0 Å². The zero-order valence-corrected chi connectivity index (χ0v) is 14.9. The Bertz CT molecular complexity index is 812. The average Bonchev–Trinajstić information content (AvgIpc) is 3.26. The van der Waals surface area contributed by atoms with Gasteiger partial charge in [-0.2, -0.15) is 0 Å². The van der Waals surface area contributed by atoms with Crippen molar-refractivity contribution in [1.82, 2.24) is 10.5 Å². The Hall–Kier alpha value is -2.54. The molecule has 138 valence electrons. The van der Waals surface area contributed by atoms with Crippen molar-refractivity contribution < 1.29 is 23.5 Å². The third-order valence-electron chi connectivity index (χ3n) is 4.81. The van der Waals surface area contributed by atoms with Gasteiger partial charge in [-0.1, -0.05) is 25.1 Å². The van der Waals surface area contributed by atoms with Gasteiger partial charge in [-0.3, -0.25) is 4.79 Å². The summed E-state index contributed by atoms with van der Waals surface area (Å²) in [6.45, 7) is 6.30. The Morgan fingerprint density at radius 1 is 1.27 bits per heavy atom. The lowest BCUT2D eigenvalue weighted by Crippen LogP contribution is -2.48. The lowest BCUT2D eigenvalue weighted by molar-refractivity contribution is -0.0978. The summed E-state index contributed by atoms with van der Waals surface area (Å²) in [5, 5.41) is 6.96. The molecular formula is C19H22N2O5. The summed E-state index contributed by atoms with van der Waals surface area (Å²) in [6.07, 6.45) is 0.764. The number of aromatic nitrogens is 1. The summed E-state index contributed by atoms with van der Waals surface area (Å²) in [6, 6.07) is 7.62. The van der Waals surface area contributed by atoms with Gasteiger partial charge >= 0.3 is 0 Å². The molecule has 1 aromatic heterocycles. The first-order chi connectivity index (χ1) is 12.5. The van der Waals surface area contributed by atoms with Gasteiger partial charge in [0.05, 0.1) is 18.9 Å². The number of hydrogen-bond acceptors (Lipinski definition) is 6. The Kier molecular flexibility index (Phi) is 4.32. The summed E-state index contributed by atoms with van der Waals surface area (Å²) < 4.78 is 21.2. The molecule has 1 fully saturated rings. The van der Waals surface area contributed by atoms with E-state index >= 15 is 0 Å². The molecule has 0 radical (unpaired) electrons. The molecule has 0 spiro atoms. The lowest BCUT2D eigenvalue weighted by atomic mass is 9.89. The molecule has 1 saturated heterocycles. The number of fused-ring (bicyclic) bond motifs is 1. The number of hydrogen-bond donors (Lipinski definition) is 1. The fraction of sp³-hybridized carbons (Fsp3) is 0.474. The maximum Gasteiger partial charge on any atom is 0.289 e. The van der Waals surface area contributed by atoms with E-state index in [2.05, 4.69) is 24.3 Å². The van der Waals surface area contributed by atoms with E-state index in [4.69, 9.17) is 18.7 Å². The van der Waals surface area contributed by atoms with Crippen LogP contribution in [0.1, 0.15) is 41.6 Å². The molecule has 1 N–H and O–H groups in total. The Morgan fingerprint density at radius 3 is 2.85 bits per heavy atom. The molecule has 1 unspecified atom stereocenters. The fourth-order valence-electron chi connectivity index (χ4n) is 3.09. The number of amides is 1. The number of carbonyl (C=O) groups excluding carboxylic acids is 1. The minimum Gasteiger partial charge on any atom is -0.454 e. The maximum absolute atomic E-state index is 12.2. The van der Waals surface area contributed by atoms with E-state index in [9.17, 15) is 4.79 Å². The number of nitrogens with zero attached hydrogens (tertiary/aromatic N) is 1. The second-order valence-electron chi connectivity index (χ2n) is 7.39. The van der Waals surface area contributed by atoms with Crippen LogP contribution in [0, 0.1) is 5.41 Å². The first-order valence-electron chi connectivity index (χ1n) is 8.73. The third-order valence-corrected chi connectivity index (χ3v) is 4.81. The molecule has 0 aliphatic carbocycles. The molecule has 7 nitrogen and oxygen atoms in total. The van der Waals surface area contributed by atoms with Crippen molar-refractivity contribution >= 4 is 5.91 Å². The normalized spacial score (nSPS) is 18.2. The molecule has 0 bridgehead atoms. The van der Waals surface area contributed by atoms with Crippen molar-refractivity contribution in [1.29, 1.82) is 0 Å². The van der Waals surface area contributed by atoms with Crippen molar-refractivity contribution in [3.05, 3.63) is 41.3 Å². The number of benzene rings is 1. The predicted octanol–water partition coefficient (Wildman–Crippen LogP) is 2.52. The van der Waals surface area contributed by atoms with E-state index in [0.29, 0.717) is 19.8 Å². The smallest absolute Gasteiger partial charge is 0.289 e. The zero-order chi connectivity index (χ0) is 18.1. The van der Waals surface area contributed by atoms with Gasteiger partial charge in [-0.25, -0.2) is 0 Å². The molecule has 26 heavy (non-hydrogen) atoms. The molecule has 1 aromatic carbocycles. The van der Waals surface area contributed by atoms with E-state index < -0.39 is 0 Å². The van der Waals surface area contributed by atoms with E-state index in [1.165, 1.54) is 0 Å². The highest BCUT2D eigenvalue weighted by atomic mass is 16.7. The van der Waals surface area contributed by atoms with Crippen LogP contribution in [-0.2, 0) is 11.2 Å². The van der Waals surface area contributed by atoms with Gasteiger partial charge in [0.15, 0.2) is 11.5 Å². The van der Waals surface area contributed by atoms with E-state index in [0.717, 1.165) is 29.2 Å². The SMILES string of the molecule is CC(Cc1ccc2c(c1)OCO2)c1cc(C(=O)NCC2(C)COC2)on1. The van der Waals surface area contributed by atoms with Crippen molar-refractivity contribution in [2.24, 2.45) is 5.41 Å². The number of ether oxygens (including phenoxy) is 3. The standard InChI is InChI=1S/C19H22N2O5/c1-12(5-13-3-4-15-16(6-13)25-11-24-15)14-7-17(26-21-14)18(22)20-8-19(2)9-23-10-19/h3-4,6-7,12H,5,8-11H2,1-2H3,(H,20,22). The molecule has 1 amide bonds. The van der Waals surface area contributed by atoms with Crippen molar-refractivity contribution in [3.8, 4) is 11.5 Å². The van der Waals surface area contributed by atoms with Crippen molar-refractivity contribution in [2.75, 3.05) is 26.6 Å². The predicted molar refractivity (Wildman–Crippen MR) is 92.4 cm³/mol. The van der Waals surface area contributed by atoms with Gasteiger partial charge in [0.25, 0.3) is 5.91 Å². The number of nitrogens with one attached hydrogen (secondary N) is 1. The van der Waals surface area contributed by atoms with Crippen LogP contribution < -0.4 is 14.8 Å². The quantitative estimate of drug-likeness (QED) is 0.854. The molecule has 2 aliphatic heterocycles. The number of rotatable bonds is 6. The molecule has 2 aliphatic rings. The van der Waals surface area contributed by atoms with E-state index in [1.807, 2.05) is 18.2 Å². The van der Waals surface area contributed by atoms with Gasteiger partial charge in [0.2, 0.25) is 12.6 Å². The van der Waals surface area contributed by atoms with Crippen molar-refractivity contribution in [2.45, 2.75) is 26.2 Å². The maximum atomic E-state index is 12.2. The largest absolute Gasteiger partial charge is 0.454 e. The number of carbonyl (C=O) groups is 1. The molecule has 0 saturated carbocycles. The van der Waals surface area contributed by atoms with Crippen LogP contribution in [0.4, 0.5) is 0 Å². The van der Waals surface area contributed by atoms with Gasteiger partial charge in [0, 0.05) is 23.9 Å². The highest BCUT2D eigenvalue weighted by Gasteiger charge is 2.34. The minimum atomic E-state index is -0.243. The van der Waals surface area contributed by atoms with Gasteiger partial charge in [-0.05, 0) is 24.1 Å². The van der Waals surface area contributed by atoms with Crippen LogP contribution in [0.2, 0.25) is 0 Å². The summed E-state index contributed by atoms with van der Waals surface area (Å²) in [4.78, 5) is 12.2. The van der Waals surface area contributed by atoms with Crippen LogP contribution in [0.5, 0.6) is 11.5 Å². The fourth-order valence-corrected chi connectivity index (χ4v) is 3.09. The first kappa shape index (κ1) is 16.9. The van der Waals surface area contributed by atoms with Gasteiger partial charge in [-0.15, -0.1) is 0 Å². The van der Waals surface area contributed by atoms with E-state index in [-0.39, 0.29) is 29.8 Å². The highest BCUT2D eigenvalue weighted by molar-refractivity contribution is 5.91. The van der Waals surface area contributed by atoms with Crippen LogP contribution in [-0.4, -0.2) is 37.6 Å². The molecule has 7 heteroatoms. The molecule has 3 heterocycles. The highest BCUT2D eigenvalue weighted by Crippen LogP contribution is 2.34. The second-order valence-corrected chi connectivity index (χ2v) is 7.39. The lowest BCUT2D eigenvalue weighted by Gasteiger charge is -2.37. The van der Waals surface area contributed by atoms with Crippen molar-refractivity contribution in [3.63, 3.8) is 0 Å². The van der Waals surface area contributed by atoms with Crippen LogP contribution in [0.3, 0.4) is 0 Å². The second kappa shape index (κ2) is 6.64. The Balaban J connectivity index is 1.36. The average molecular weight is 358 g/mol. The van der Waals surface area contributed by atoms with Gasteiger partial charge < -0.3 is 24.1 Å². The van der Waals surface area contributed by atoms with Crippen LogP contribution >= 0.6 is 0 Å². The summed E-state index contributed by atoms with van der Waals surface area (Å²) in [5.41, 5.74) is 1.89. The Morgan fingerprint density at radius 2 is 2.08 bits per heavy atom. The first-order valence-corrected chi connectivity index (χ1v) is 8.73. The molecule has 4 rings (SSSR count). The molecular weight excluding hydrogens is 336 g/mol. The van der Waals surface area contributed by atoms with Gasteiger partial charge in [0.1, 0.15) is 0 Å². The topological polar surface area (TPSA) is 82.8 Å². The van der Waals surface area contributed by atoms with E-state index in [1.54, 1.807) is 6.07 Å².